The molecule has 0 radical (unpaired) electrons. The number of rotatable bonds is 7. The van der Waals surface area contributed by atoms with Gasteiger partial charge in [0.1, 0.15) is 5.75 Å². The Morgan fingerprint density at radius 1 is 1.44 bits per heavy atom. The highest BCUT2D eigenvalue weighted by Crippen LogP contribution is 2.17. The number of hydrogen-bond donors (Lipinski definition) is 2. The van der Waals surface area contributed by atoms with Crippen LogP contribution < -0.4 is 10.1 Å². The molecule has 1 aromatic carbocycles. The third kappa shape index (κ3) is 4.51. The Bertz CT molecular complexity index is 304. The fraction of sp³-hybridized carbons (Fsp3) is 0.500. The summed E-state index contributed by atoms with van der Waals surface area (Å²) in [7, 11) is 1.57. The van der Waals surface area contributed by atoms with Crippen molar-refractivity contribution >= 4 is 5.69 Å². The number of hydrogen-bond acceptors (Lipinski definition) is 4. The van der Waals surface area contributed by atoms with E-state index in [0.717, 1.165) is 11.4 Å². The first kappa shape index (κ1) is 12.8. The maximum atomic E-state index is 9.46. The van der Waals surface area contributed by atoms with Crippen molar-refractivity contribution in [2.24, 2.45) is 0 Å². The molecule has 1 aromatic rings. The van der Waals surface area contributed by atoms with Crippen LogP contribution in [0.3, 0.4) is 0 Å². The third-order valence-electron chi connectivity index (χ3n) is 2.05. The lowest BCUT2D eigenvalue weighted by molar-refractivity contribution is 0.0727. The summed E-state index contributed by atoms with van der Waals surface area (Å²) in [5.41, 5.74) is 0.932. The second-order valence-corrected chi connectivity index (χ2v) is 3.45. The van der Waals surface area contributed by atoms with Crippen LogP contribution in [-0.2, 0) is 4.74 Å². The Kier molecular flexibility index (Phi) is 5.67. The predicted octanol–water partition coefficient (Wildman–Crippen LogP) is 1.50. The number of nitrogens with one attached hydrogen (secondary N) is 1. The molecule has 0 saturated heterocycles. The Morgan fingerprint density at radius 2 is 2.25 bits per heavy atom. The standard InChI is InChI=1S/C12H19NO3/c1-3-16-12-6-4-5-10(7-12)13-8-11(14)9-15-2/h4-7,11,13-14H,3,8-9H2,1-2H3. The van der Waals surface area contributed by atoms with Crippen molar-refractivity contribution in [1.29, 1.82) is 0 Å². The highest BCUT2D eigenvalue weighted by Gasteiger charge is 2.03. The van der Waals surface area contributed by atoms with Crippen molar-refractivity contribution in [3.8, 4) is 5.75 Å². The predicted molar refractivity (Wildman–Crippen MR) is 64.0 cm³/mol. The van der Waals surface area contributed by atoms with Crippen molar-refractivity contribution in [3.05, 3.63) is 24.3 Å². The molecule has 1 rings (SSSR count). The van der Waals surface area contributed by atoms with Gasteiger partial charge in [-0.1, -0.05) is 6.07 Å². The number of benzene rings is 1. The summed E-state index contributed by atoms with van der Waals surface area (Å²) in [6.45, 7) is 3.39. The zero-order valence-corrected chi connectivity index (χ0v) is 9.77. The SMILES string of the molecule is CCOc1cccc(NCC(O)COC)c1. The summed E-state index contributed by atoms with van der Waals surface area (Å²) in [5.74, 6) is 0.828. The molecule has 0 spiro atoms. The second kappa shape index (κ2) is 7.09. The lowest BCUT2D eigenvalue weighted by Crippen LogP contribution is -2.24. The first-order valence-corrected chi connectivity index (χ1v) is 5.40. The summed E-state index contributed by atoms with van der Waals surface area (Å²) < 4.78 is 10.2. The van der Waals surface area contributed by atoms with Gasteiger partial charge >= 0.3 is 0 Å². The Balaban J connectivity index is 2.44. The molecule has 2 N–H and O–H groups in total. The van der Waals surface area contributed by atoms with E-state index >= 15 is 0 Å². The molecule has 4 nitrogen and oxygen atoms in total. The molecule has 0 aliphatic rings. The Labute approximate surface area is 96.2 Å². The van der Waals surface area contributed by atoms with Crippen molar-refractivity contribution in [2.75, 3.05) is 32.2 Å². The average molecular weight is 225 g/mol. The minimum absolute atomic E-state index is 0.331. The monoisotopic (exact) mass is 225 g/mol. The van der Waals surface area contributed by atoms with Crippen LogP contribution in [-0.4, -0.2) is 38.1 Å². The molecule has 90 valence electrons. The van der Waals surface area contributed by atoms with E-state index < -0.39 is 6.10 Å². The maximum absolute atomic E-state index is 9.46. The van der Waals surface area contributed by atoms with Gasteiger partial charge in [-0.2, -0.15) is 0 Å². The van der Waals surface area contributed by atoms with Crippen molar-refractivity contribution in [1.82, 2.24) is 0 Å². The first-order valence-electron chi connectivity index (χ1n) is 5.40. The fourth-order valence-corrected chi connectivity index (χ4v) is 1.35. The van der Waals surface area contributed by atoms with Gasteiger partial charge in [-0.25, -0.2) is 0 Å². The molecular formula is C12H19NO3. The molecule has 4 heteroatoms. The molecule has 0 fully saturated rings. The zero-order chi connectivity index (χ0) is 11.8. The molecule has 1 atom stereocenters. The van der Waals surface area contributed by atoms with Gasteiger partial charge in [0, 0.05) is 25.4 Å². The lowest BCUT2D eigenvalue weighted by atomic mass is 10.3. The molecule has 0 saturated carbocycles. The number of aliphatic hydroxyl groups excluding tert-OH is 1. The van der Waals surface area contributed by atoms with Crippen LogP contribution in [0, 0.1) is 0 Å². The highest BCUT2D eigenvalue weighted by molar-refractivity contribution is 5.48. The van der Waals surface area contributed by atoms with Crippen LogP contribution in [0.5, 0.6) is 5.75 Å². The van der Waals surface area contributed by atoms with Gasteiger partial charge in [-0.15, -0.1) is 0 Å². The molecular weight excluding hydrogens is 206 g/mol. The molecule has 0 aliphatic heterocycles. The van der Waals surface area contributed by atoms with Crippen LogP contribution in [0.4, 0.5) is 5.69 Å². The number of ether oxygens (including phenoxy) is 2. The van der Waals surface area contributed by atoms with Crippen molar-refractivity contribution in [3.63, 3.8) is 0 Å². The molecule has 0 aromatic heterocycles. The van der Waals surface area contributed by atoms with Crippen molar-refractivity contribution < 1.29 is 14.6 Å². The smallest absolute Gasteiger partial charge is 0.121 e. The van der Waals surface area contributed by atoms with E-state index in [2.05, 4.69) is 5.32 Å². The van der Waals surface area contributed by atoms with Crippen LogP contribution in [0.25, 0.3) is 0 Å². The van der Waals surface area contributed by atoms with Gasteiger partial charge in [-0.3, -0.25) is 0 Å². The van der Waals surface area contributed by atoms with E-state index in [9.17, 15) is 5.11 Å². The molecule has 0 heterocycles. The fourth-order valence-electron chi connectivity index (χ4n) is 1.35. The molecule has 1 unspecified atom stereocenters. The average Bonchev–Trinajstić information content (AvgIpc) is 2.28. The van der Waals surface area contributed by atoms with E-state index in [-0.39, 0.29) is 0 Å². The van der Waals surface area contributed by atoms with Crippen LogP contribution >= 0.6 is 0 Å². The molecule has 0 bridgehead atoms. The van der Waals surface area contributed by atoms with Gasteiger partial charge in [0.15, 0.2) is 0 Å². The summed E-state index contributed by atoms with van der Waals surface area (Å²) in [4.78, 5) is 0. The number of aliphatic hydroxyl groups is 1. The molecule has 0 aliphatic carbocycles. The Morgan fingerprint density at radius 3 is 2.94 bits per heavy atom. The quantitative estimate of drug-likeness (QED) is 0.738. The van der Waals surface area contributed by atoms with E-state index in [4.69, 9.17) is 9.47 Å². The largest absolute Gasteiger partial charge is 0.494 e. The van der Waals surface area contributed by atoms with Crippen molar-refractivity contribution in [2.45, 2.75) is 13.0 Å². The van der Waals surface area contributed by atoms with E-state index in [1.54, 1.807) is 7.11 Å². The lowest BCUT2D eigenvalue weighted by Gasteiger charge is -2.12. The summed E-state index contributed by atoms with van der Waals surface area (Å²) in [6, 6.07) is 7.65. The third-order valence-corrected chi connectivity index (χ3v) is 2.05. The van der Waals surface area contributed by atoms with Crippen LogP contribution in [0.2, 0.25) is 0 Å². The summed E-state index contributed by atoms with van der Waals surface area (Å²) in [5, 5.41) is 12.6. The summed E-state index contributed by atoms with van der Waals surface area (Å²) >= 11 is 0. The minimum atomic E-state index is -0.499. The van der Waals surface area contributed by atoms with Gasteiger partial charge in [-0.05, 0) is 19.1 Å². The van der Waals surface area contributed by atoms with Crippen LogP contribution in [0.15, 0.2) is 24.3 Å². The molecule has 16 heavy (non-hydrogen) atoms. The highest BCUT2D eigenvalue weighted by atomic mass is 16.5. The first-order chi connectivity index (χ1) is 7.76. The van der Waals surface area contributed by atoms with Gasteiger partial charge in [0.25, 0.3) is 0 Å². The van der Waals surface area contributed by atoms with Gasteiger partial charge < -0.3 is 19.9 Å². The van der Waals surface area contributed by atoms with Crippen LogP contribution in [0.1, 0.15) is 6.92 Å². The van der Waals surface area contributed by atoms with E-state index in [1.807, 2.05) is 31.2 Å². The molecule has 0 amide bonds. The van der Waals surface area contributed by atoms with Gasteiger partial charge in [0.05, 0.1) is 19.3 Å². The Hall–Kier alpha value is -1.26. The number of methoxy groups -OCH3 is 1. The minimum Gasteiger partial charge on any atom is -0.494 e. The normalized spacial score (nSPS) is 12.2. The zero-order valence-electron chi connectivity index (χ0n) is 9.77. The topological polar surface area (TPSA) is 50.7 Å². The van der Waals surface area contributed by atoms with Gasteiger partial charge in [0.2, 0.25) is 0 Å². The second-order valence-electron chi connectivity index (χ2n) is 3.45. The van der Waals surface area contributed by atoms with E-state index in [1.165, 1.54) is 0 Å². The number of anilines is 1. The van der Waals surface area contributed by atoms with E-state index in [0.29, 0.717) is 19.8 Å². The summed E-state index contributed by atoms with van der Waals surface area (Å²) in [6.07, 6.45) is -0.499. The maximum Gasteiger partial charge on any atom is 0.121 e.